The second kappa shape index (κ2) is 7.40. The van der Waals surface area contributed by atoms with E-state index in [4.69, 9.17) is 11.6 Å². The van der Waals surface area contributed by atoms with Gasteiger partial charge in [0.25, 0.3) is 0 Å². The lowest BCUT2D eigenvalue weighted by Crippen LogP contribution is -2.40. The number of carbonyl (C=O) groups is 1. The minimum atomic E-state index is -0.470. The molecule has 1 heterocycles. The van der Waals surface area contributed by atoms with Crippen LogP contribution in [-0.4, -0.2) is 32.1 Å². The first-order valence-corrected chi connectivity index (χ1v) is 7.98. The average Bonchev–Trinajstić information content (AvgIpc) is 2.94. The number of hydrogen-bond donors (Lipinski definition) is 3. The van der Waals surface area contributed by atoms with E-state index < -0.39 is 5.82 Å². The van der Waals surface area contributed by atoms with Gasteiger partial charge >= 0.3 is 0 Å². The lowest BCUT2D eigenvalue weighted by Gasteiger charge is -2.26. The molecule has 1 saturated heterocycles. The molecule has 0 saturated carbocycles. The van der Waals surface area contributed by atoms with Crippen LogP contribution in [0.5, 0.6) is 0 Å². The van der Waals surface area contributed by atoms with E-state index in [9.17, 15) is 9.18 Å². The van der Waals surface area contributed by atoms with Crippen molar-refractivity contribution in [1.82, 2.24) is 16.0 Å². The van der Waals surface area contributed by atoms with E-state index in [-0.39, 0.29) is 28.9 Å². The monoisotopic (exact) mass is 327 g/mol. The Morgan fingerprint density at radius 2 is 2.32 bits per heavy atom. The number of benzene rings is 1. The zero-order valence-corrected chi connectivity index (χ0v) is 13.8. The Labute approximate surface area is 135 Å². The third-order valence-corrected chi connectivity index (χ3v) is 4.76. The summed E-state index contributed by atoms with van der Waals surface area (Å²) in [6.07, 6.45) is 1.79. The molecule has 1 aromatic rings. The van der Waals surface area contributed by atoms with Gasteiger partial charge in [0.15, 0.2) is 0 Å². The van der Waals surface area contributed by atoms with E-state index in [0.717, 1.165) is 25.9 Å². The van der Waals surface area contributed by atoms with Crippen LogP contribution >= 0.6 is 11.6 Å². The third kappa shape index (κ3) is 3.77. The number of amides is 1. The topological polar surface area (TPSA) is 53.2 Å². The van der Waals surface area contributed by atoms with Gasteiger partial charge in [0.1, 0.15) is 5.82 Å². The van der Waals surface area contributed by atoms with E-state index in [1.165, 1.54) is 6.07 Å². The van der Waals surface area contributed by atoms with Crippen molar-refractivity contribution in [3.8, 4) is 0 Å². The lowest BCUT2D eigenvalue weighted by molar-refractivity contribution is -0.123. The molecule has 4 nitrogen and oxygen atoms in total. The van der Waals surface area contributed by atoms with Crippen molar-refractivity contribution in [2.45, 2.75) is 32.4 Å². The van der Waals surface area contributed by atoms with Gasteiger partial charge < -0.3 is 16.0 Å². The fraction of sp³-hybridized carbons (Fsp3) is 0.562. The Bertz CT molecular complexity index is 540. The summed E-state index contributed by atoms with van der Waals surface area (Å²) in [5.41, 5.74) is 0.508. The maximum absolute atomic E-state index is 13.8. The predicted molar refractivity (Wildman–Crippen MR) is 86.3 cm³/mol. The highest BCUT2D eigenvalue weighted by molar-refractivity contribution is 6.30. The van der Waals surface area contributed by atoms with Crippen molar-refractivity contribution in [2.24, 2.45) is 5.41 Å². The second-order valence-electron chi connectivity index (χ2n) is 5.95. The van der Waals surface area contributed by atoms with E-state index in [0.29, 0.717) is 5.56 Å². The third-order valence-electron chi connectivity index (χ3n) is 4.46. The highest BCUT2D eigenvalue weighted by atomic mass is 35.5. The Morgan fingerprint density at radius 1 is 1.55 bits per heavy atom. The number of carbonyl (C=O) groups excluding carboxylic acids is 1. The predicted octanol–water partition coefficient (Wildman–Crippen LogP) is 2.07. The zero-order valence-electron chi connectivity index (χ0n) is 13.0. The van der Waals surface area contributed by atoms with E-state index in [2.05, 4.69) is 22.9 Å². The second-order valence-corrected chi connectivity index (χ2v) is 6.36. The van der Waals surface area contributed by atoms with Crippen LogP contribution in [0.4, 0.5) is 4.39 Å². The van der Waals surface area contributed by atoms with Crippen LogP contribution in [0.3, 0.4) is 0 Å². The van der Waals surface area contributed by atoms with Gasteiger partial charge in [-0.2, -0.15) is 0 Å². The SMILES string of the molecule is CCC1(CNC)CNC(C(=O)NCc2cccc(Cl)c2F)C1. The summed E-state index contributed by atoms with van der Waals surface area (Å²) < 4.78 is 13.8. The van der Waals surface area contributed by atoms with Gasteiger partial charge in [0.05, 0.1) is 11.1 Å². The summed E-state index contributed by atoms with van der Waals surface area (Å²) in [7, 11) is 1.92. The molecule has 1 fully saturated rings. The quantitative estimate of drug-likeness (QED) is 0.750. The molecule has 6 heteroatoms. The largest absolute Gasteiger partial charge is 0.351 e. The Hall–Kier alpha value is -1.17. The van der Waals surface area contributed by atoms with Crippen LogP contribution in [0.1, 0.15) is 25.3 Å². The molecule has 2 unspecified atom stereocenters. The molecule has 1 aromatic carbocycles. The lowest BCUT2D eigenvalue weighted by atomic mass is 9.82. The van der Waals surface area contributed by atoms with Gasteiger partial charge in [0.2, 0.25) is 5.91 Å². The minimum Gasteiger partial charge on any atom is -0.351 e. The summed E-state index contributed by atoms with van der Waals surface area (Å²) >= 11 is 5.74. The number of rotatable bonds is 6. The van der Waals surface area contributed by atoms with Crippen LogP contribution in [0.15, 0.2) is 18.2 Å². The number of nitrogens with one attached hydrogen (secondary N) is 3. The fourth-order valence-electron chi connectivity index (χ4n) is 3.00. The zero-order chi connectivity index (χ0) is 16.2. The Morgan fingerprint density at radius 3 is 3.00 bits per heavy atom. The summed E-state index contributed by atoms with van der Waals surface area (Å²) in [5, 5.41) is 9.34. The summed E-state index contributed by atoms with van der Waals surface area (Å²) in [4.78, 5) is 12.3. The molecule has 0 aromatic heterocycles. The molecular formula is C16H23ClFN3O. The van der Waals surface area contributed by atoms with Crippen molar-refractivity contribution in [3.63, 3.8) is 0 Å². The van der Waals surface area contributed by atoms with Crippen LogP contribution in [-0.2, 0) is 11.3 Å². The molecule has 0 aliphatic carbocycles. The van der Waals surface area contributed by atoms with Gasteiger partial charge in [-0.1, -0.05) is 30.7 Å². The highest BCUT2D eigenvalue weighted by Crippen LogP contribution is 2.31. The van der Waals surface area contributed by atoms with Gasteiger partial charge in [-0.15, -0.1) is 0 Å². The van der Waals surface area contributed by atoms with Crippen molar-refractivity contribution in [3.05, 3.63) is 34.6 Å². The molecule has 1 aliphatic rings. The molecular weight excluding hydrogens is 305 g/mol. The molecule has 22 heavy (non-hydrogen) atoms. The molecule has 2 atom stereocenters. The molecule has 1 aliphatic heterocycles. The standard InChI is InChI=1S/C16H23ClFN3O/c1-3-16(9-19-2)7-13(21-10-16)15(22)20-8-11-5-4-6-12(17)14(11)18/h4-6,13,19,21H,3,7-10H2,1-2H3,(H,20,22). The van der Waals surface area contributed by atoms with Crippen LogP contribution in [0.2, 0.25) is 5.02 Å². The van der Waals surface area contributed by atoms with Crippen molar-refractivity contribution < 1.29 is 9.18 Å². The van der Waals surface area contributed by atoms with Crippen LogP contribution < -0.4 is 16.0 Å². The molecule has 1 amide bonds. The van der Waals surface area contributed by atoms with Crippen LogP contribution in [0, 0.1) is 11.2 Å². The van der Waals surface area contributed by atoms with E-state index in [1.54, 1.807) is 12.1 Å². The summed E-state index contributed by atoms with van der Waals surface area (Å²) in [6.45, 7) is 3.98. The molecule has 0 bridgehead atoms. The smallest absolute Gasteiger partial charge is 0.237 e. The normalized spacial score (nSPS) is 24.5. The summed E-state index contributed by atoms with van der Waals surface area (Å²) in [5.74, 6) is -0.562. The van der Waals surface area contributed by atoms with Crippen molar-refractivity contribution >= 4 is 17.5 Å². The molecule has 2 rings (SSSR count). The van der Waals surface area contributed by atoms with Gasteiger partial charge in [-0.3, -0.25) is 4.79 Å². The minimum absolute atomic E-state index is 0.0739. The maximum atomic E-state index is 13.8. The Balaban J connectivity index is 1.92. The van der Waals surface area contributed by atoms with Crippen LogP contribution in [0.25, 0.3) is 0 Å². The Kier molecular flexibility index (Phi) is 5.78. The summed E-state index contributed by atoms with van der Waals surface area (Å²) in [6, 6.07) is 4.57. The maximum Gasteiger partial charge on any atom is 0.237 e. The molecule has 0 spiro atoms. The van der Waals surface area contributed by atoms with E-state index in [1.807, 2.05) is 7.05 Å². The fourth-order valence-corrected chi connectivity index (χ4v) is 3.19. The van der Waals surface area contributed by atoms with E-state index >= 15 is 0 Å². The molecule has 3 N–H and O–H groups in total. The molecule has 0 radical (unpaired) electrons. The highest BCUT2D eigenvalue weighted by Gasteiger charge is 2.39. The first kappa shape index (κ1) is 17.2. The van der Waals surface area contributed by atoms with Gasteiger partial charge in [-0.25, -0.2) is 4.39 Å². The average molecular weight is 328 g/mol. The first-order chi connectivity index (χ1) is 10.5. The van der Waals surface area contributed by atoms with Crippen molar-refractivity contribution in [2.75, 3.05) is 20.1 Å². The van der Waals surface area contributed by atoms with Gasteiger partial charge in [-0.05, 0) is 31.4 Å². The first-order valence-electron chi connectivity index (χ1n) is 7.60. The number of hydrogen-bond acceptors (Lipinski definition) is 3. The number of halogens is 2. The van der Waals surface area contributed by atoms with Crippen molar-refractivity contribution in [1.29, 1.82) is 0 Å². The molecule has 122 valence electrons. The van der Waals surface area contributed by atoms with Gasteiger partial charge in [0, 0.05) is 25.2 Å².